The van der Waals surface area contributed by atoms with Gasteiger partial charge in [0, 0.05) is 0 Å². The van der Waals surface area contributed by atoms with Gasteiger partial charge in [0.1, 0.15) is 0 Å². The lowest BCUT2D eigenvalue weighted by molar-refractivity contribution is 0.969. The average Bonchev–Trinajstić information content (AvgIpc) is 1.91. The molecule has 0 spiro atoms. The third-order valence-electron chi connectivity index (χ3n) is 1.28. The zero-order chi connectivity index (χ0) is 6.53. The van der Waals surface area contributed by atoms with Gasteiger partial charge in [-0.1, -0.05) is 30.3 Å². The fraction of sp³-hybridized carbons (Fsp3) is 0.250. The summed E-state index contributed by atoms with van der Waals surface area (Å²) in [6, 6.07) is 10.3. The Morgan fingerprint density at radius 1 is 1.10 bits per heavy atom. The Bertz CT molecular complexity index is 160. The van der Waals surface area contributed by atoms with Crippen molar-refractivity contribution in [3.05, 3.63) is 35.9 Å². The highest BCUT2D eigenvalue weighted by Crippen LogP contribution is 1.96. The predicted molar refractivity (Wildman–Crippen MR) is 44.2 cm³/mol. The molecule has 0 saturated heterocycles. The molecule has 0 saturated carbocycles. The molecule has 0 aliphatic heterocycles. The minimum absolute atomic E-state index is 0. The molecule has 2 heteroatoms. The van der Waals surface area contributed by atoms with Crippen LogP contribution < -0.4 is 11.9 Å². The van der Waals surface area contributed by atoms with Crippen LogP contribution in [0.5, 0.6) is 0 Å². The smallest absolute Gasteiger partial charge is 0.00367 e. The first-order valence-electron chi connectivity index (χ1n) is 3.17. The summed E-state index contributed by atoms with van der Waals surface area (Å²) >= 11 is 0. The van der Waals surface area contributed by atoms with Crippen LogP contribution >= 0.6 is 0 Å². The number of rotatable bonds is 2. The van der Waals surface area contributed by atoms with Crippen LogP contribution in [0, 0.1) is 0 Å². The summed E-state index contributed by atoms with van der Waals surface area (Å²) in [5, 5.41) is 0. The first kappa shape index (κ1) is 9.14. The van der Waals surface area contributed by atoms with Crippen molar-refractivity contribution < 1.29 is 0 Å². The molecule has 56 valence electrons. The van der Waals surface area contributed by atoms with E-state index in [1.165, 1.54) is 5.56 Å². The molecule has 10 heavy (non-hydrogen) atoms. The van der Waals surface area contributed by atoms with E-state index in [9.17, 15) is 0 Å². The second-order valence-corrected chi connectivity index (χ2v) is 2.02. The monoisotopic (exact) mass is 138 g/mol. The molecule has 5 N–H and O–H groups in total. The largest absolute Gasteiger partial charge is 0.344 e. The van der Waals surface area contributed by atoms with Crippen LogP contribution in [0.1, 0.15) is 5.56 Å². The average molecular weight is 138 g/mol. The maximum Gasteiger partial charge on any atom is -0.00367 e. The van der Waals surface area contributed by atoms with Gasteiger partial charge in [-0.3, -0.25) is 0 Å². The molecule has 0 amide bonds. The SMILES string of the molecule is N.NCCc1ccccc1. The van der Waals surface area contributed by atoms with Crippen LogP contribution in [0.3, 0.4) is 0 Å². The van der Waals surface area contributed by atoms with Gasteiger partial charge in [0.05, 0.1) is 0 Å². The van der Waals surface area contributed by atoms with E-state index in [4.69, 9.17) is 5.73 Å². The highest BCUT2D eigenvalue weighted by Gasteiger charge is 1.84. The van der Waals surface area contributed by atoms with Crippen LogP contribution in [0.15, 0.2) is 30.3 Å². The van der Waals surface area contributed by atoms with E-state index in [-0.39, 0.29) is 6.15 Å². The number of benzene rings is 1. The highest BCUT2D eigenvalue weighted by atomic mass is 14.5. The Morgan fingerprint density at radius 2 is 1.70 bits per heavy atom. The maximum absolute atomic E-state index is 5.36. The maximum atomic E-state index is 5.36. The number of nitrogens with two attached hydrogens (primary N) is 1. The summed E-state index contributed by atoms with van der Waals surface area (Å²) in [6.07, 6.45) is 0.987. The zero-order valence-electron chi connectivity index (χ0n) is 6.09. The van der Waals surface area contributed by atoms with E-state index < -0.39 is 0 Å². The molecule has 0 unspecified atom stereocenters. The molecule has 0 aromatic heterocycles. The molecular weight excluding hydrogens is 124 g/mol. The van der Waals surface area contributed by atoms with Crippen molar-refractivity contribution in [1.82, 2.24) is 6.15 Å². The van der Waals surface area contributed by atoms with Gasteiger partial charge in [-0.25, -0.2) is 0 Å². The minimum Gasteiger partial charge on any atom is -0.344 e. The van der Waals surface area contributed by atoms with Crippen LogP contribution in [-0.2, 0) is 6.42 Å². The van der Waals surface area contributed by atoms with E-state index in [1.807, 2.05) is 18.2 Å². The molecule has 0 atom stereocenters. The predicted octanol–water partition coefficient (Wildman–Crippen LogP) is 1.35. The summed E-state index contributed by atoms with van der Waals surface area (Å²) in [6.45, 7) is 0.740. The van der Waals surface area contributed by atoms with Crippen molar-refractivity contribution in [3.63, 3.8) is 0 Å². The molecule has 0 aliphatic carbocycles. The summed E-state index contributed by atoms with van der Waals surface area (Å²) in [5.74, 6) is 0. The quantitative estimate of drug-likeness (QED) is 0.648. The summed E-state index contributed by atoms with van der Waals surface area (Å²) in [4.78, 5) is 0. The van der Waals surface area contributed by atoms with Gasteiger partial charge in [-0.2, -0.15) is 0 Å². The summed E-state index contributed by atoms with van der Waals surface area (Å²) < 4.78 is 0. The summed E-state index contributed by atoms with van der Waals surface area (Å²) in [5.41, 5.74) is 6.68. The van der Waals surface area contributed by atoms with E-state index in [2.05, 4.69) is 12.1 Å². The molecule has 1 aromatic rings. The Labute approximate surface area is 61.6 Å². The zero-order valence-corrected chi connectivity index (χ0v) is 6.09. The van der Waals surface area contributed by atoms with E-state index in [0.717, 1.165) is 13.0 Å². The second kappa shape index (κ2) is 4.97. The third-order valence-corrected chi connectivity index (χ3v) is 1.28. The first-order valence-corrected chi connectivity index (χ1v) is 3.17. The third kappa shape index (κ3) is 2.62. The molecule has 1 rings (SSSR count). The van der Waals surface area contributed by atoms with E-state index >= 15 is 0 Å². The van der Waals surface area contributed by atoms with Crippen molar-refractivity contribution in [2.75, 3.05) is 6.54 Å². The highest BCUT2D eigenvalue weighted by molar-refractivity contribution is 5.14. The van der Waals surface area contributed by atoms with Gasteiger partial charge in [-0.05, 0) is 18.5 Å². The fourth-order valence-electron chi connectivity index (χ4n) is 0.811. The molecule has 0 fully saturated rings. The van der Waals surface area contributed by atoms with Gasteiger partial charge < -0.3 is 11.9 Å². The fourth-order valence-corrected chi connectivity index (χ4v) is 0.811. The van der Waals surface area contributed by atoms with E-state index in [1.54, 1.807) is 0 Å². The van der Waals surface area contributed by atoms with Crippen molar-refractivity contribution in [3.8, 4) is 0 Å². The number of hydrogen-bond donors (Lipinski definition) is 2. The van der Waals surface area contributed by atoms with Gasteiger partial charge in [0.25, 0.3) is 0 Å². The van der Waals surface area contributed by atoms with Gasteiger partial charge >= 0.3 is 0 Å². The Hall–Kier alpha value is -0.860. The van der Waals surface area contributed by atoms with Crippen molar-refractivity contribution in [2.45, 2.75) is 6.42 Å². The lowest BCUT2D eigenvalue weighted by atomic mass is 10.2. The molecule has 1 aromatic carbocycles. The van der Waals surface area contributed by atoms with Crippen molar-refractivity contribution >= 4 is 0 Å². The normalized spacial score (nSPS) is 8.50. The summed E-state index contributed by atoms with van der Waals surface area (Å²) in [7, 11) is 0. The lowest BCUT2D eigenvalue weighted by Gasteiger charge is -1.93. The van der Waals surface area contributed by atoms with Gasteiger partial charge in [0.2, 0.25) is 0 Å². The molecule has 0 aliphatic rings. The first-order chi connectivity index (χ1) is 4.43. The molecule has 0 radical (unpaired) electrons. The Balaban J connectivity index is 0.000000810. The standard InChI is InChI=1S/C8H11N.H3N/c9-7-6-8-4-2-1-3-5-8;/h1-5H,6-7,9H2;1H3. The van der Waals surface area contributed by atoms with Crippen LogP contribution in [0.25, 0.3) is 0 Å². The van der Waals surface area contributed by atoms with Gasteiger partial charge in [0.15, 0.2) is 0 Å². The van der Waals surface area contributed by atoms with Crippen molar-refractivity contribution in [2.24, 2.45) is 5.73 Å². The second-order valence-electron chi connectivity index (χ2n) is 2.02. The van der Waals surface area contributed by atoms with Crippen LogP contribution in [0.2, 0.25) is 0 Å². The topological polar surface area (TPSA) is 61.0 Å². The molecule has 0 bridgehead atoms. The van der Waals surface area contributed by atoms with Gasteiger partial charge in [-0.15, -0.1) is 0 Å². The van der Waals surface area contributed by atoms with E-state index in [0.29, 0.717) is 0 Å². The van der Waals surface area contributed by atoms with Crippen molar-refractivity contribution in [1.29, 1.82) is 0 Å². The Morgan fingerprint density at radius 3 is 2.20 bits per heavy atom. The van der Waals surface area contributed by atoms with Crippen LogP contribution in [0.4, 0.5) is 0 Å². The molecule has 0 heterocycles. The molecule has 2 nitrogen and oxygen atoms in total. The minimum atomic E-state index is 0. The van der Waals surface area contributed by atoms with Crippen LogP contribution in [-0.4, -0.2) is 6.54 Å². The lowest BCUT2D eigenvalue weighted by Crippen LogP contribution is -2.01. The number of hydrogen-bond acceptors (Lipinski definition) is 2. The Kier molecular flexibility index (Phi) is 4.54. The molecular formula is C8H14N2.